The van der Waals surface area contributed by atoms with Gasteiger partial charge < -0.3 is 19.7 Å². The smallest absolute Gasteiger partial charge is 0.209 e. The number of hydrogen-bond donors (Lipinski definition) is 1. The maximum absolute atomic E-state index is 11.2. The summed E-state index contributed by atoms with van der Waals surface area (Å²) < 4.78 is 69.1. The molecule has 2 aliphatic heterocycles. The van der Waals surface area contributed by atoms with Crippen molar-refractivity contribution in [2.45, 2.75) is 70.8 Å². The van der Waals surface area contributed by atoms with E-state index in [1.165, 1.54) is 5.56 Å². The van der Waals surface area contributed by atoms with Crippen LogP contribution in [0.25, 0.3) is 0 Å². The van der Waals surface area contributed by atoms with E-state index in [0.717, 1.165) is 33.9 Å². The third-order valence-corrected chi connectivity index (χ3v) is 10.1. The predicted molar refractivity (Wildman–Crippen MR) is 169 cm³/mol. The van der Waals surface area contributed by atoms with Crippen LogP contribution in [0.2, 0.25) is 0 Å². The fourth-order valence-electron chi connectivity index (χ4n) is 6.30. The Morgan fingerprint density at radius 2 is 1.51 bits per heavy atom. The Morgan fingerprint density at radius 1 is 0.860 bits per heavy atom. The summed E-state index contributed by atoms with van der Waals surface area (Å²) in [7, 11) is -8.52. The Kier molecular flexibility index (Phi) is 9.73. The second-order valence-corrected chi connectivity index (χ2v) is 15.4. The molecule has 2 aromatic rings. The van der Waals surface area contributed by atoms with Gasteiger partial charge in [0.15, 0.2) is 5.71 Å². The number of rotatable bonds is 13. The van der Waals surface area contributed by atoms with Crippen molar-refractivity contribution >= 4 is 37.3 Å². The van der Waals surface area contributed by atoms with Crippen LogP contribution in [0.15, 0.2) is 66.4 Å². The largest absolute Gasteiger partial charge is 0.748 e. The Balaban J connectivity index is 1.69. The molecule has 0 saturated carbocycles. The van der Waals surface area contributed by atoms with Gasteiger partial charge in [-0.25, -0.2) is 16.8 Å². The Labute approximate surface area is 256 Å². The van der Waals surface area contributed by atoms with Crippen molar-refractivity contribution in [1.82, 2.24) is 0 Å². The van der Waals surface area contributed by atoms with Gasteiger partial charge in [0.1, 0.15) is 6.54 Å². The van der Waals surface area contributed by atoms with Crippen molar-refractivity contribution in [3.05, 3.63) is 83.1 Å². The molecule has 0 saturated heterocycles. The van der Waals surface area contributed by atoms with Gasteiger partial charge in [0.05, 0.1) is 25.7 Å². The topological polar surface area (TPSA) is 147 Å². The van der Waals surface area contributed by atoms with E-state index in [1.807, 2.05) is 24.3 Å². The van der Waals surface area contributed by atoms with Gasteiger partial charge >= 0.3 is 0 Å². The van der Waals surface area contributed by atoms with Gasteiger partial charge in [-0.3, -0.25) is 0 Å². The van der Waals surface area contributed by atoms with Gasteiger partial charge in [-0.05, 0) is 56.4 Å². The van der Waals surface area contributed by atoms with E-state index in [9.17, 15) is 25.9 Å². The monoisotopic (exact) mass is 628 g/mol. The van der Waals surface area contributed by atoms with Crippen LogP contribution in [0.4, 0.5) is 11.4 Å². The third-order valence-electron chi connectivity index (χ3n) is 8.55. The van der Waals surface area contributed by atoms with E-state index in [4.69, 9.17) is 5.73 Å². The van der Waals surface area contributed by atoms with Crippen LogP contribution in [0.1, 0.15) is 70.1 Å². The zero-order chi connectivity index (χ0) is 31.6. The molecule has 2 N–H and O–H groups in total. The predicted octanol–water partition coefficient (Wildman–Crippen LogP) is 4.41. The van der Waals surface area contributed by atoms with Gasteiger partial charge in [-0.2, -0.15) is 4.58 Å². The second kappa shape index (κ2) is 12.6. The quantitative estimate of drug-likeness (QED) is 0.195. The number of hydrogen-bond acceptors (Lipinski definition) is 8. The van der Waals surface area contributed by atoms with Gasteiger partial charge in [0, 0.05) is 65.5 Å². The summed E-state index contributed by atoms with van der Waals surface area (Å²) in [6.45, 7) is 10.2. The van der Waals surface area contributed by atoms with Crippen molar-refractivity contribution in [2.24, 2.45) is 5.73 Å². The van der Waals surface area contributed by atoms with Gasteiger partial charge in [-0.15, -0.1) is 0 Å². The van der Waals surface area contributed by atoms with Crippen LogP contribution in [-0.4, -0.2) is 60.8 Å². The van der Waals surface area contributed by atoms with Crippen molar-refractivity contribution in [2.75, 3.05) is 29.5 Å². The molecular formula is C32H42N3O6S2-. The summed E-state index contributed by atoms with van der Waals surface area (Å²) in [6, 6.07) is 14.4. The number of nitrogens with two attached hydrogens (primary N) is 1. The van der Waals surface area contributed by atoms with E-state index < -0.39 is 20.2 Å². The maximum Gasteiger partial charge on any atom is 0.209 e. The number of benzene rings is 2. The first-order valence-electron chi connectivity index (χ1n) is 14.7. The van der Waals surface area contributed by atoms with Crippen molar-refractivity contribution in [3.63, 3.8) is 0 Å². The number of anilines is 1. The summed E-state index contributed by atoms with van der Waals surface area (Å²) >= 11 is 0. The molecule has 2 heterocycles. The summed E-state index contributed by atoms with van der Waals surface area (Å²) in [6.07, 6.45) is 7.93. The fraction of sp³-hybridized carbons (Fsp3) is 0.469. The lowest BCUT2D eigenvalue weighted by atomic mass is 9.81. The Hall–Kier alpha value is -2.83. The SMILES string of the molecule is CC1(C)C(/C=C/C=C2/N(CCCCS(=O)(=O)[O-])c3ccc(CN)cc3C2(C)C)=[N+](CCCCS(=O)(=O)[O-])c2ccccc21. The lowest BCUT2D eigenvalue weighted by molar-refractivity contribution is -0.438. The molecule has 0 atom stereocenters. The Morgan fingerprint density at radius 3 is 2.16 bits per heavy atom. The molecule has 11 heteroatoms. The number of allylic oxidation sites excluding steroid dienone is 4. The number of nitrogens with zero attached hydrogens (tertiary/aromatic N) is 2. The molecule has 4 rings (SSSR count). The highest BCUT2D eigenvalue weighted by Gasteiger charge is 2.44. The van der Waals surface area contributed by atoms with Crippen molar-refractivity contribution in [1.29, 1.82) is 0 Å². The first kappa shape index (κ1) is 33.1. The summed E-state index contributed by atoms with van der Waals surface area (Å²) in [4.78, 5) is 2.21. The first-order chi connectivity index (χ1) is 20.1. The molecule has 2 aromatic carbocycles. The molecule has 0 amide bonds. The summed E-state index contributed by atoms with van der Waals surface area (Å²) in [5.74, 6) is -0.756. The van der Waals surface area contributed by atoms with Gasteiger partial charge in [0.2, 0.25) is 5.69 Å². The lowest BCUT2D eigenvalue weighted by Gasteiger charge is -2.27. The standard InChI is InChI=1S/C32H43N3O6S2/c1-31(2)25-12-5-6-13-27(25)34(18-7-9-20-42(36,37)38)29(31)14-11-15-30-32(3,4)26-22-24(23-33)16-17-28(26)35(30)19-8-10-21-43(39,40)41/h5-6,11-17,22H,7-10,18-21,23,33H2,1-4H3,(H-,36,37,38,39,40,41)/p-1. The highest BCUT2D eigenvalue weighted by atomic mass is 32.2. The molecule has 234 valence electrons. The molecule has 0 aliphatic carbocycles. The summed E-state index contributed by atoms with van der Waals surface area (Å²) in [5, 5.41) is 0. The molecular weight excluding hydrogens is 587 g/mol. The van der Waals surface area contributed by atoms with Crippen LogP contribution in [-0.2, 0) is 37.6 Å². The lowest BCUT2D eigenvalue weighted by Crippen LogP contribution is -2.28. The van der Waals surface area contributed by atoms with Crippen LogP contribution in [0, 0.1) is 0 Å². The van der Waals surface area contributed by atoms with E-state index in [0.29, 0.717) is 38.9 Å². The van der Waals surface area contributed by atoms with Crippen molar-refractivity contribution in [3.8, 4) is 0 Å². The van der Waals surface area contributed by atoms with E-state index >= 15 is 0 Å². The van der Waals surface area contributed by atoms with Crippen LogP contribution < -0.4 is 10.6 Å². The van der Waals surface area contributed by atoms with Gasteiger partial charge in [-0.1, -0.05) is 50.3 Å². The van der Waals surface area contributed by atoms with Crippen LogP contribution >= 0.6 is 0 Å². The molecule has 0 unspecified atom stereocenters. The first-order valence-corrected chi connectivity index (χ1v) is 17.8. The zero-order valence-corrected chi connectivity index (χ0v) is 27.0. The minimum atomic E-state index is -4.27. The Bertz CT molecular complexity index is 1670. The van der Waals surface area contributed by atoms with E-state index in [1.54, 1.807) is 0 Å². The average molecular weight is 629 g/mol. The average Bonchev–Trinajstić information content (AvgIpc) is 3.26. The fourth-order valence-corrected chi connectivity index (χ4v) is 7.42. The minimum Gasteiger partial charge on any atom is -0.748 e. The highest BCUT2D eigenvalue weighted by molar-refractivity contribution is 7.85. The van der Waals surface area contributed by atoms with Gasteiger partial charge in [0.25, 0.3) is 0 Å². The summed E-state index contributed by atoms with van der Waals surface area (Å²) in [5.41, 5.74) is 12.9. The molecule has 2 aliphatic rings. The molecule has 0 radical (unpaired) electrons. The molecule has 0 spiro atoms. The number of unbranched alkanes of at least 4 members (excludes halogenated alkanes) is 2. The normalized spacial score (nSPS) is 18.6. The van der Waals surface area contributed by atoms with Crippen LogP contribution in [0.3, 0.4) is 0 Å². The zero-order valence-electron chi connectivity index (χ0n) is 25.4. The van der Waals surface area contributed by atoms with E-state index in [-0.39, 0.29) is 28.8 Å². The van der Waals surface area contributed by atoms with Crippen LogP contribution in [0.5, 0.6) is 0 Å². The highest BCUT2D eigenvalue weighted by Crippen LogP contribution is 2.48. The molecule has 9 nitrogen and oxygen atoms in total. The molecule has 0 bridgehead atoms. The molecule has 0 aromatic heterocycles. The number of fused-ring (bicyclic) bond motifs is 2. The minimum absolute atomic E-state index is 0.287. The maximum atomic E-state index is 11.2. The second-order valence-electron chi connectivity index (χ2n) is 12.4. The van der Waals surface area contributed by atoms with E-state index in [2.05, 4.69) is 73.6 Å². The number of para-hydroxylation sites is 1. The van der Waals surface area contributed by atoms with Crippen molar-refractivity contribution < 1.29 is 30.5 Å². The molecule has 43 heavy (non-hydrogen) atoms. The molecule has 0 fully saturated rings. The third kappa shape index (κ3) is 7.46.